The SMILES string of the molecule is CC.Cc1nn(C2CC(N(C)C)C2)c2ccnc(N)c12. The molecule has 3 rings (SSSR count). The Morgan fingerprint density at radius 1 is 1.30 bits per heavy atom. The molecule has 0 saturated heterocycles. The van der Waals surface area contributed by atoms with E-state index in [0.717, 1.165) is 29.4 Å². The molecule has 5 heteroatoms. The number of hydrogen-bond donors (Lipinski definition) is 1. The number of hydrogen-bond acceptors (Lipinski definition) is 4. The molecule has 0 radical (unpaired) electrons. The fourth-order valence-corrected chi connectivity index (χ4v) is 2.75. The van der Waals surface area contributed by atoms with Crippen LogP contribution in [-0.2, 0) is 0 Å². The van der Waals surface area contributed by atoms with Crippen LogP contribution in [0.1, 0.15) is 38.4 Å². The van der Waals surface area contributed by atoms with Gasteiger partial charge in [-0.3, -0.25) is 4.68 Å². The van der Waals surface area contributed by atoms with Crippen LogP contribution < -0.4 is 5.73 Å². The van der Waals surface area contributed by atoms with Crippen LogP contribution in [0.25, 0.3) is 10.9 Å². The molecule has 5 nitrogen and oxygen atoms in total. The van der Waals surface area contributed by atoms with E-state index in [1.165, 1.54) is 0 Å². The van der Waals surface area contributed by atoms with Crippen molar-refractivity contribution in [3.63, 3.8) is 0 Å². The Kier molecular flexibility index (Phi) is 4.28. The first-order valence-electron chi connectivity index (χ1n) is 7.33. The van der Waals surface area contributed by atoms with Gasteiger partial charge in [0.15, 0.2) is 0 Å². The van der Waals surface area contributed by atoms with Crippen LogP contribution in [0.4, 0.5) is 5.82 Å². The highest BCUT2D eigenvalue weighted by Crippen LogP contribution is 2.37. The quantitative estimate of drug-likeness (QED) is 0.915. The normalized spacial score (nSPS) is 21.5. The van der Waals surface area contributed by atoms with Crippen molar-refractivity contribution in [2.75, 3.05) is 19.8 Å². The lowest BCUT2D eigenvalue weighted by Gasteiger charge is -2.39. The van der Waals surface area contributed by atoms with E-state index in [1.54, 1.807) is 6.20 Å². The monoisotopic (exact) mass is 275 g/mol. The highest BCUT2D eigenvalue weighted by molar-refractivity contribution is 5.90. The van der Waals surface area contributed by atoms with Gasteiger partial charge in [0.1, 0.15) is 5.82 Å². The van der Waals surface area contributed by atoms with Gasteiger partial charge < -0.3 is 10.6 Å². The van der Waals surface area contributed by atoms with E-state index in [4.69, 9.17) is 5.73 Å². The summed E-state index contributed by atoms with van der Waals surface area (Å²) in [6.07, 6.45) is 4.08. The fourth-order valence-electron chi connectivity index (χ4n) is 2.75. The largest absolute Gasteiger partial charge is 0.383 e. The number of nitrogens with two attached hydrogens (primary N) is 1. The smallest absolute Gasteiger partial charge is 0.134 e. The number of aromatic nitrogens is 3. The number of nitrogens with zero attached hydrogens (tertiary/aromatic N) is 4. The van der Waals surface area contributed by atoms with Gasteiger partial charge in [-0.2, -0.15) is 5.10 Å². The van der Waals surface area contributed by atoms with Crippen LogP contribution in [-0.4, -0.2) is 39.8 Å². The lowest BCUT2D eigenvalue weighted by atomic mass is 9.86. The Bertz CT molecular complexity index is 581. The molecular formula is C15H25N5. The molecule has 1 aliphatic rings. The second-order valence-electron chi connectivity index (χ2n) is 5.36. The Hall–Kier alpha value is -1.62. The average molecular weight is 275 g/mol. The minimum Gasteiger partial charge on any atom is -0.383 e. The van der Waals surface area contributed by atoms with Crippen molar-refractivity contribution in [3.8, 4) is 0 Å². The van der Waals surface area contributed by atoms with Gasteiger partial charge >= 0.3 is 0 Å². The van der Waals surface area contributed by atoms with Crippen LogP contribution in [0.15, 0.2) is 12.3 Å². The second-order valence-corrected chi connectivity index (χ2v) is 5.36. The third-order valence-corrected chi connectivity index (χ3v) is 3.99. The molecule has 1 aliphatic carbocycles. The van der Waals surface area contributed by atoms with Crippen molar-refractivity contribution in [2.45, 2.75) is 45.7 Å². The molecule has 0 aliphatic heterocycles. The third kappa shape index (κ3) is 2.38. The van der Waals surface area contributed by atoms with Crippen LogP contribution in [0.5, 0.6) is 0 Å². The zero-order chi connectivity index (χ0) is 14.9. The fraction of sp³-hybridized carbons (Fsp3) is 0.600. The molecule has 20 heavy (non-hydrogen) atoms. The summed E-state index contributed by atoms with van der Waals surface area (Å²) in [4.78, 5) is 6.43. The summed E-state index contributed by atoms with van der Waals surface area (Å²) in [6, 6.07) is 3.18. The molecule has 110 valence electrons. The number of nitrogen functional groups attached to an aromatic ring is 1. The maximum atomic E-state index is 5.93. The lowest BCUT2D eigenvalue weighted by molar-refractivity contribution is 0.124. The summed E-state index contributed by atoms with van der Waals surface area (Å²) < 4.78 is 2.13. The van der Waals surface area contributed by atoms with Gasteiger partial charge in [-0.1, -0.05) is 13.8 Å². The Morgan fingerprint density at radius 3 is 2.55 bits per heavy atom. The third-order valence-electron chi connectivity index (χ3n) is 3.99. The second kappa shape index (κ2) is 5.79. The Morgan fingerprint density at radius 2 is 1.95 bits per heavy atom. The molecule has 2 N–H and O–H groups in total. The van der Waals surface area contributed by atoms with Gasteiger partial charge in [0.2, 0.25) is 0 Å². The summed E-state index contributed by atoms with van der Waals surface area (Å²) in [5.41, 5.74) is 8.02. The van der Waals surface area contributed by atoms with Gasteiger partial charge in [-0.15, -0.1) is 0 Å². The minimum absolute atomic E-state index is 0.496. The molecule has 0 amide bonds. The molecule has 2 aromatic heterocycles. The zero-order valence-corrected chi connectivity index (χ0v) is 13.1. The number of anilines is 1. The zero-order valence-electron chi connectivity index (χ0n) is 13.1. The molecule has 2 heterocycles. The molecular weight excluding hydrogens is 250 g/mol. The van der Waals surface area contributed by atoms with Gasteiger partial charge in [0, 0.05) is 12.2 Å². The van der Waals surface area contributed by atoms with E-state index in [1.807, 2.05) is 26.8 Å². The topological polar surface area (TPSA) is 60.0 Å². The van der Waals surface area contributed by atoms with Crippen molar-refractivity contribution >= 4 is 16.7 Å². The van der Waals surface area contributed by atoms with Gasteiger partial charge in [-0.25, -0.2) is 4.98 Å². The summed E-state index contributed by atoms with van der Waals surface area (Å²) in [6.45, 7) is 6.00. The number of fused-ring (bicyclic) bond motifs is 1. The van der Waals surface area contributed by atoms with Gasteiger partial charge in [0.05, 0.1) is 22.6 Å². The molecule has 0 atom stereocenters. The maximum absolute atomic E-state index is 5.93. The minimum atomic E-state index is 0.496. The lowest BCUT2D eigenvalue weighted by Crippen LogP contribution is -2.41. The number of pyridine rings is 1. The summed E-state index contributed by atoms with van der Waals surface area (Å²) >= 11 is 0. The van der Waals surface area contributed by atoms with Crippen LogP contribution in [0.3, 0.4) is 0 Å². The molecule has 1 saturated carbocycles. The summed E-state index contributed by atoms with van der Waals surface area (Å²) in [5, 5.41) is 5.65. The Labute approximate surface area is 120 Å². The number of rotatable bonds is 2. The van der Waals surface area contributed by atoms with Gasteiger partial charge in [0.25, 0.3) is 0 Å². The van der Waals surface area contributed by atoms with E-state index in [2.05, 4.69) is 33.8 Å². The van der Waals surface area contributed by atoms with E-state index in [-0.39, 0.29) is 0 Å². The summed E-state index contributed by atoms with van der Waals surface area (Å²) in [5.74, 6) is 0.583. The first-order chi connectivity index (χ1) is 9.58. The van der Waals surface area contributed by atoms with E-state index < -0.39 is 0 Å². The van der Waals surface area contributed by atoms with E-state index in [9.17, 15) is 0 Å². The first-order valence-corrected chi connectivity index (χ1v) is 7.33. The van der Waals surface area contributed by atoms with Crippen molar-refractivity contribution in [2.24, 2.45) is 0 Å². The van der Waals surface area contributed by atoms with Crippen molar-refractivity contribution in [1.82, 2.24) is 19.7 Å². The first kappa shape index (κ1) is 14.8. The predicted molar refractivity (Wildman–Crippen MR) is 83.8 cm³/mol. The molecule has 0 bridgehead atoms. The molecule has 0 unspecified atom stereocenters. The molecule has 0 spiro atoms. The maximum Gasteiger partial charge on any atom is 0.134 e. The average Bonchev–Trinajstić information content (AvgIpc) is 2.68. The highest BCUT2D eigenvalue weighted by atomic mass is 15.3. The molecule has 1 fully saturated rings. The number of aryl methyl sites for hydroxylation is 1. The van der Waals surface area contributed by atoms with Crippen LogP contribution in [0.2, 0.25) is 0 Å². The van der Waals surface area contributed by atoms with E-state index >= 15 is 0 Å². The Balaban J connectivity index is 0.000000704. The van der Waals surface area contributed by atoms with Gasteiger partial charge in [-0.05, 0) is 39.9 Å². The predicted octanol–water partition coefficient (Wildman–Crippen LogP) is 2.61. The van der Waals surface area contributed by atoms with Crippen LogP contribution in [0, 0.1) is 6.92 Å². The molecule has 2 aromatic rings. The van der Waals surface area contributed by atoms with Crippen molar-refractivity contribution in [3.05, 3.63) is 18.0 Å². The highest BCUT2D eigenvalue weighted by Gasteiger charge is 2.33. The molecule has 0 aromatic carbocycles. The van der Waals surface area contributed by atoms with Crippen molar-refractivity contribution in [1.29, 1.82) is 0 Å². The van der Waals surface area contributed by atoms with E-state index in [0.29, 0.717) is 17.9 Å². The van der Waals surface area contributed by atoms with Crippen LogP contribution >= 0.6 is 0 Å². The van der Waals surface area contributed by atoms with Crippen molar-refractivity contribution < 1.29 is 0 Å². The standard InChI is InChI=1S/C13H19N5.C2H6/c1-8-12-11(4-5-15-13(12)14)18(16-8)10-6-9(7-10)17(2)3;1-2/h4-5,9-10H,6-7H2,1-3H3,(H2,14,15);1-2H3. The summed E-state index contributed by atoms with van der Waals surface area (Å²) in [7, 11) is 4.27.